The maximum atomic E-state index is 12.1. The van der Waals surface area contributed by atoms with E-state index in [1.165, 1.54) is 11.1 Å². The summed E-state index contributed by atoms with van der Waals surface area (Å²) in [5, 5.41) is 14.0. The molecule has 0 atom stereocenters. The van der Waals surface area contributed by atoms with Crippen LogP contribution in [0.1, 0.15) is 35.1 Å². The van der Waals surface area contributed by atoms with Crippen LogP contribution in [0.15, 0.2) is 48.5 Å². The lowest BCUT2D eigenvalue weighted by Crippen LogP contribution is -2.45. The van der Waals surface area contributed by atoms with Crippen LogP contribution in [0.2, 0.25) is 0 Å². The molecule has 3 rings (SSSR count). The van der Waals surface area contributed by atoms with Crippen LogP contribution in [0.5, 0.6) is 0 Å². The van der Waals surface area contributed by atoms with Crippen molar-refractivity contribution in [3.05, 3.63) is 70.8 Å². The minimum absolute atomic E-state index is 0.0621. The van der Waals surface area contributed by atoms with Crippen molar-refractivity contribution >= 4 is 5.91 Å². The Morgan fingerprint density at radius 3 is 2.15 bits per heavy atom. The van der Waals surface area contributed by atoms with Gasteiger partial charge in [0.05, 0.1) is 12.0 Å². The number of amides is 1. The number of benzene rings is 2. The van der Waals surface area contributed by atoms with Crippen molar-refractivity contribution < 1.29 is 9.90 Å². The molecular weight excluding hydrogens is 336 g/mol. The fourth-order valence-corrected chi connectivity index (χ4v) is 3.61. The topological polar surface area (TPSA) is 52.6 Å². The van der Waals surface area contributed by atoms with Gasteiger partial charge in [-0.1, -0.05) is 59.7 Å². The summed E-state index contributed by atoms with van der Waals surface area (Å²) in [5.41, 5.74) is 3.74. The zero-order valence-corrected chi connectivity index (χ0v) is 16.4. The van der Waals surface area contributed by atoms with Gasteiger partial charge in [-0.15, -0.1) is 0 Å². The Morgan fingerprint density at radius 1 is 1.00 bits per heavy atom. The number of nitrogens with one attached hydrogen (secondary N) is 1. The van der Waals surface area contributed by atoms with Gasteiger partial charge in [-0.2, -0.15) is 0 Å². The third-order valence-corrected chi connectivity index (χ3v) is 5.51. The summed E-state index contributed by atoms with van der Waals surface area (Å²) in [6, 6.07) is 16.3. The molecule has 1 aliphatic rings. The highest BCUT2D eigenvalue weighted by molar-refractivity contribution is 5.78. The Balaban J connectivity index is 1.40. The van der Waals surface area contributed by atoms with E-state index in [9.17, 15) is 9.90 Å². The highest BCUT2D eigenvalue weighted by Gasteiger charge is 2.33. The largest absolute Gasteiger partial charge is 0.385 e. The molecule has 0 spiro atoms. The van der Waals surface area contributed by atoms with E-state index in [2.05, 4.69) is 29.3 Å². The third-order valence-electron chi connectivity index (χ3n) is 5.51. The normalized spacial score (nSPS) is 16.9. The number of aryl methyl sites for hydroxylation is 2. The molecule has 27 heavy (non-hydrogen) atoms. The number of likely N-dealkylation sites (tertiary alicyclic amines) is 1. The van der Waals surface area contributed by atoms with Gasteiger partial charge < -0.3 is 15.3 Å². The molecule has 2 aromatic rings. The molecule has 4 nitrogen and oxygen atoms in total. The second-order valence-corrected chi connectivity index (χ2v) is 7.75. The quantitative estimate of drug-likeness (QED) is 0.826. The molecule has 0 aliphatic carbocycles. The maximum Gasteiger partial charge on any atom is 0.224 e. The van der Waals surface area contributed by atoms with Crippen LogP contribution in [0.4, 0.5) is 0 Å². The van der Waals surface area contributed by atoms with E-state index in [-0.39, 0.29) is 5.91 Å². The number of carbonyl (C=O) groups is 1. The van der Waals surface area contributed by atoms with E-state index in [1.807, 2.05) is 43.3 Å². The van der Waals surface area contributed by atoms with Gasteiger partial charge in [-0.05, 0) is 37.8 Å². The van der Waals surface area contributed by atoms with Gasteiger partial charge in [0, 0.05) is 26.2 Å². The van der Waals surface area contributed by atoms with E-state index < -0.39 is 5.60 Å². The van der Waals surface area contributed by atoms with E-state index in [4.69, 9.17) is 0 Å². The number of aliphatic hydroxyl groups is 1. The highest BCUT2D eigenvalue weighted by atomic mass is 16.3. The predicted molar refractivity (Wildman–Crippen MR) is 109 cm³/mol. The second kappa shape index (κ2) is 8.68. The summed E-state index contributed by atoms with van der Waals surface area (Å²) in [4.78, 5) is 14.4. The van der Waals surface area contributed by atoms with Crippen molar-refractivity contribution in [2.24, 2.45) is 0 Å². The number of hydrogen-bond donors (Lipinski definition) is 2. The van der Waals surface area contributed by atoms with Crippen molar-refractivity contribution in [2.45, 2.75) is 38.7 Å². The fourth-order valence-electron chi connectivity index (χ4n) is 3.61. The lowest BCUT2D eigenvalue weighted by Gasteiger charge is -2.38. The molecule has 0 aromatic heterocycles. The zero-order chi connectivity index (χ0) is 19.3. The number of hydrogen-bond acceptors (Lipinski definition) is 3. The van der Waals surface area contributed by atoms with Gasteiger partial charge in [0.25, 0.3) is 0 Å². The number of piperidine rings is 1. The fraction of sp³-hybridized carbons (Fsp3) is 0.435. The van der Waals surface area contributed by atoms with E-state index in [1.54, 1.807) is 0 Å². The first-order valence-electron chi connectivity index (χ1n) is 9.79. The van der Waals surface area contributed by atoms with Crippen LogP contribution in [-0.2, 0) is 16.8 Å². The van der Waals surface area contributed by atoms with Crippen LogP contribution in [0.25, 0.3) is 0 Å². The van der Waals surface area contributed by atoms with Crippen molar-refractivity contribution in [3.63, 3.8) is 0 Å². The Kier molecular flexibility index (Phi) is 6.30. The second-order valence-electron chi connectivity index (χ2n) is 7.75. The molecule has 2 N–H and O–H groups in total. The van der Waals surface area contributed by atoms with E-state index >= 15 is 0 Å². The van der Waals surface area contributed by atoms with Crippen molar-refractivity contribution in [1.29, 1.82) is 0 Å². The molecule has 4 heteroatoms. The Bertz CT molecular complexity index is 745. The Hall–Kier alpha value is -2.17. The van der Waals surface area contributed by atoms with Crippen LogP contribution < -0.4 is 5.32 Å². The molecule has 144 valence electrons. The molecule has 0 bridgehead atoms. The third kappa shape index (κ3) is 5.41. The average molecular weight is 367 g/mol. The van der Waals surface area contributed by atoms with Gasteiger partial charge in [0.15, 0.2) is 0 Å². The molecule has 1 aliphatic heterocycles. The van der Waals surface area contributed by atoms with Crippen LogP contribution >= 0.6 is 0 Å². The number of carbonyl (C=O) groups excluding carboxylic acids is 1. The van der Waals surface area contributed by atoms with Gasteiger partial charge in [-0.3, -0.25) is 4.79 Å². The SMILES string of the molecule is Cc1ccc(CC(=O)NCCN2CCC(O)(c3ccc(C)cc3)CC2)cc1. The zero-order valence-electron chi connectivity index (χ0n) is 16.4. The Morgan fingerprint density at radius 2 is 1.56 bits per heavy atom. The molecule has 1 amide bonds. The van der Waals surface area contributed by atoms with Gasteiger partial charge in [-0.25, -0.2) is 0 Å². The molecular formula is C23H30N2O2. The lowest BCUT2D eigenvalue weighted by molar-refractivity contribution is -0.120. The summed E-state index contributed by atoms with van der Waals surface area (Å²) < 4.78 is 0. The van der Waals surface area contributed by atoms with Crippen LogP contribution in [0, 0.1) is 13.8 Å². The molecule has 1 saturated heterocycles. The molecule has 0 unspecified atom stereocenters. The minimum atomic E-state index is -0.723. The molecule has 0 radical (unpaired) electrons. The number of nitrogens with zero attached hydrogens (tertiary/aromatic N) is 1. The molecule has 1 fully saturated rings. The predicted octanol–water partition coefficient (Wildman–Crippen LogP) is 2.95. The minimum Gasteiger partial charge on any atom is -0.385 e. The highest BCUT2D eigenvalue weighted by Crippen LogP contribution is 2.32. The standard InChI is InChI=1S/C23H30N2O2/c1-18-3-7-20(8-4-18)17-22(26)24-13-16-25-14-11-23(27,12-15-25)21-9-5-19(2)6-10-21/h3-10,27H,11-17H2,1-2H3,(H,24,26). The summed E-state index contributed by atoms with van der Waals surface area (Å²) in [7, 11) is 0. The first kappa shape index (κ1) is 19.6. The molecule has 2 aromatic carbocycles. The van der Waals surface area contributed by atoms with E-state index in [0.717, 1.165) is 43.6 Å². The molecule has 1 heterocycles. The van der Waals surface area contributed by atoms with Crippen molar-refractivity contribution in [1.82, 2.24) is 10.2 Å². The summed E-state index contributed by atoms with van der Waals surface area (Å²) in [6.45, 7) is 7.26. The van der Waals surface area contributed by atoms with Gasteiger partial charge in [0.1, 0.15) is 0 Å². The Labute approximate surface area is 162 Å². The number of rotatable bonds is 6. The first-order valence-corrected chi connectivity index (χ1v) is 9.79. The van der Waals surface area contributed by atoms with Crippen molar-refractivity contribution in [2.75, 3.05) is 26.2 Å². The lowest BCUT2D eigenvalue weighted by atomic mass is 9.84. The molecule has 0 saturated carbocycles. The summed E-state index contributed by atoms with van der Waals surface area (Å²) >= 11 is 0. The van der Waals surface area contributed by atoms with Gasteiger partial charge >= 0.3 is 0 Å². The van der Waals surface area contributed by atoms with Crippen LogP contribution in [-0.4, -0.2) is 42.1 Å². The smallest absolute Gasteiger partial charge is 0.224 e. The van der Waals surface area contributed by atoms with Crippen molar-refractivity contribution in [3.8, 4) is 0 Å². The average Bonchev–Trinajstić information content (AvgIpc) is 2.66. The monoisotopic (exact) mass is 366 g/mol. The van der Waals surface area contributed by atoms with Gasteiger partial charge in [0.2, 0.25) is 5.91 Å². The first-order chi connectivity index (χ1) is 12.9. The summed E-state index contributed by atoms with van der Waals surface area (Å²) in [6.07, 6.45) is 1.88. The maximum absolute atomic E-state index is 12.1. The summed E-state index contributed by atoms with van der Waals surface area (Å²) in [5.74, 6) is 0.0621. The van der Waals surface area contributed by atoms with Crippen LogP contribution in [0.3, 0.4) is 0 Å². The van der Waals surface area contributed by atoms with E-state index in [0.29, 0.717) is 13.0 Å².